The van der Waals surface area contributed by atoms with Gasteiger partial charge in [0, 0.05) is 38.6 Å². The molecular weight excluding hydrogens is 274 g/mol. The number of hydrogen-bond donors (Lipinski definition) is 3. The Morgan fingerprint density at radius 3 is 1.77 bits per heavy atom. The third kappa shape index (κ3) is 7.26. The highest BCUT2D eigenvalue weighted by molar-refractivity contribution is 5.03. The second kappa shape index (κ2) is 10.8. The average Bonchev–Trinajstić information content (AvgIpc) is 2.58. The van der Waals surface area contributed by atoms with E-state index in [1.165, 1.54) is 0 Å². The van der Waals surface area contributed by atoms with E-state index in [1.54, 1.807) is 0 Å². The molecule has 0 aliphatic carbocycles. The van der Waals surface area contributed by atoms with Gasteiger partial charge in [0.25, 0.3) is 0 Å². The van der Waals surface area contributed by atoms with E-state index in [-0.39, 0.29) is 0 Å². The summed E-state index contributed by atoms with van der Waals surface area (Å²) in [5, 5.41) is 10.2. The average molecular weight is 299 g/mol. The van der Waals surface area contributed by atoms with Crippen LogP contribution in [0.25, 0.3) is 0 Å². The molecule has 0 aliphatic heterocycles. The van der Waals surface area contributed by atoms with Crippen LogP contribution in [0.4, 0.5) is 0 Å². The molecule has 0 aromatic carbocycles. The highest BCUT2D eigenvalue weighted by Gasteiger charge is 1.94. The van der Waals surface area contributed by atoms with Gasteiger partial charge in [-0.05, 0) is 43.8 Å². The predicted molar refractivity (Wildman–Crippen MR) is 89.4 cm³/mol. The van der Waals surface area contributed by atoms with E-state index in [0.717, 1.165) is 57.1 Å². The van der Waals surface area contributed by atoms with Gasteiger partial charge in [0.05, 0.1) is 11.4 Å². The zero-order valence-corrected chi connectivity index (χ0v) is 13.0. The molecule has 0 radical (unpaired) electrons. The van der Waals surface area contributed by atoms with Crippen molar-refractivity contribution in [3.8, 4) is 0 Å². The minimum atomic E-state index is 0.828. The summed E-state index contributed by atoms with van der Waals surface area (Å²) in [6, 6.07) is 12.0. The van der Waals surface area contributed by atoms with Crippen molar-refractivity contribution in [2.24, 2.45) is 0 Å². The summed E-state index contributed by atoms with van der Waals surface area (Å²) < 4.78 is 0. The highest BCUT2D eigenvalue weighted by Crippen LogP contribution is 1.92. The van der Waals surface area contributed by atoms with Gasteiger partial charge in [-0.2, -0.15) is 0 Å². The first kappa shape index (κ1) is 16.5. The third-order valence-electron chi connectivity index (χ3n) is 3.25. The molecule has 0 unspecified atom stereocenters. The summed E-state index contributed by atoms with van der Waals surface area (Å²) in [5.74, 6) is 0. The molecule has 118 valence electrons. The Labute approximate surface area is 132 Å². The van der Waals surface area contributed by atoms with Gasteiger partial charge >= 0.3 is 0 Å². The third-order valence-corrected chi connectivity index (χ3v) is 3.25. The second-order valence-corrected chi connectivity index (χ2v) is 5.10. The Morgan fingerprint density at radius 2 is 1.18 bits per heavy atom. The lowest BCUT2D eigenvalue weighted by molar-refractivity contribution is 0.568. The number of hydrogen-bond acceptors (Lipinski definition) is 5. The summed E-state index contributed by atoms with van der Waals surface area (Å²) >= 11 is 0. The van der Waals surface area contributed by atoms with E-state index in [9.17, 15) is 0 Å². The van der Waals surface area contributed by atoms with Gasteiger partial charge in [0.1, 0.15) is 0 Å². The molecule has 0 aliphatic rings. The Bertz CT molecular complexity index is 441. The maximum Gasteiger partial charge on any atom is 0.0541 e. The molecule has 2 aromatic heterocycles. The van der Waals surface area contributed by atoms with E-state index in [2.05, 4.69) is 25.9 Å². The maximum absolute atomic E-state index is 4.28. The van der Waals surface area contributed by atoms with Crippen LogP contribution in [0.5, 0.6) is 0 Å². The quantitative estimate of drug-likeness (QED) is 0.547. The van der Waals surface area contributed by atoms with Crippen LogP contribution in [0.3, 0.4) is 0 Å². The number of aromatic nitrogens is 2. The van der Waals surface area contributed by atoms with Gasteiger partial charge in [-0.25, -0.2) is 0 Å². The van der Waals surface area contributed by atoms with Crippen LogP contribution in [0, 0.1) is 0 Å². The first-order valence-electron chi connectivity index (χ1n) is 7.87. The van der Waals surface area contributed by atoms with Gasteiger partial charge in [0.15, 0.2) is 0 Å². The molecular formula is C17H25N5. The van der Waals surface area contributed by atoms with E-state index in [4.69, 9.17) is 0 Å². The molecule has 2 heterocycles. The molecule has 3 N–H and O–H groups in total. The Kier molecular flexibility index (Phi) is 8.16. The van der Waals surface area contributed by atoms with Crippen LogP contribution in [-0.4, -0.2) is 36.1 Å². The molecule has 5 heteroatoms. The summed E-state index contributed by atoms with van der Waals surface area (Å²) in [6.07, 6.45) is 4.77. The van der Waals surface area contributed by atoms with E-state index < -0.39 is 0 Å². The standard InChI is InChI=1S/C17H25N5/c1-3-10-21-16(6-1)14-19-9-5-8-18-12-13-20-15-17-7-2-4-11-22-17/h1-4,6-7,10-11,18-20H,5,8-9,12-15H2. The van der Waals surface area contributed by atoms with E-state index in [1.807, 2.05) is 48.8 Å². The van der Waals surface area contributed by atoms with Crippen molar-refractivity contribution in [1.82, 2.24) is 25.9 Å². The summed E-state index contributed by atoms with van der Waals surface area (Å²) in [4.78, 5) is 8.56. The molecule has 0 atom stereocenters. The fourth-order valence-corrected chi connectivity index (χ4v) is 2.08. The Hall–Kier alpha value is -1.82. The monoisotopic (exact) mass is 299 g/mol. The second-order valence-electron chi connectivity index (χ2n) is 5.10. The van der Waals surface area contributed by atoms with Crippen LogP contribution in [0.15, 0.2) is 48.8 Å². The molecule has 0 fully saturated rings. The minimum absolute atomic E-state index is 0.828. The molecule has 0 bridgehead atoms. The van der Waals surface area contributed by atoms with Crippen molar-refractivity contribution in [3.63, 3.8) is 0 Å². The number of rotatable bonds is 11. The Balaban J connectivity index is 1.37. The molecule has 0 saturated heterocycles. The van der Waals surface area contributed by atoms with Crippen LogP contribution < -0.4 is 16.0 Å². The Morgan fingerprint density at radius 1 is 0.636 bits per heavy atom. The van der Waals surface area contributed by atoms with Crippen molar-refractivity contribution in [3.05, 3.63) is 60.2 Å². The molecule has 0 amide bonds. The van der Waals surface area contributed by atoms with E-state index >= 15 is 0 Å². The smallest absolute Gasteiger partial charge is 0.0541 e. The largest absolute Gasteiger partial charge is 0.315 e. The topological polar surface area (TPSA) is 61.9 Å². The lowest BCUT2D eigenvalue weighted by Crippen LogP contribution is -2.29. The lowest BCUT2D eigenvalue weighted by Gasteiger charge is -2.07. The van der Waals surface area contributed by atoms with Crippen LogP contribution in [-0.2, 0) is 13.1 Å². The van der Waals surface area contributed by atoms with Crippen molar-refractivity contribution in [1.29, 1.82) is 0 Å². The van der Waals surface area contributed by atoms with Crippen molar-refractivity contribution in [2.45, 2.75) is 19.5 Å². The predicted octanol–water partition coefficient (Wildman–Crippen LogP) is 1.34. The van der Waals surface area contributed by atoms with Gasteiger partial charge in [-0.1, -0.05) is 12.1 Å². The number of nitrogens with one attached hydrogen (secondary N) is 3. The zero-order chi connectivity index (χ0) is 15.3. The van der Waals surface area contributed by atoms with Crippen molar-refractivity contribution < 1.29 is 0 Å². The number of nitrogens with zero attached hydrogens (tertiary/aromatic N) is 2. The highest BCUT2D eigenvalue weighted by atomic mass is 15.0. The summed E-state index contributed by atoms with van der Waals surface area (Å²) in [7, 11) is 0. The van der Waals surface area contributed by atoms with Gasteiger partial charge < -0.3 is 16.0 Å². The SMILES string of the molecule is c1ccc(CNCCCNCCNCc2ccccn2)nc1. The zero-order valence-electron chi connectivity index (χ0n) is 13.0. The first-order chi connectivity index (χ1) is 10.9. The summed E-state index contributed by atoms with van der Waals surface area (Å²) in [6.45, 7) is 5.64. The molecule has 2 aromatic rings. The normalized spacial score (nSPS) is 10.7. The molecule has 5 nitrogen and oxygen atoms in total. The fourth-order valence-electron chi connectivity index (χ4n) is 2.08. The van der Waals surface area contributed by atoms with Crippen molar-refractivity contribution in [2.75, 3.05) is 26.2 Å². The van der Waals surface area contributed by atoms with Gasteiger partial charge in [-0.15, -0.1) is 0 Å². The first-order valence-corrected chi connectivity index (χ1v) is 7.87. The maximum atomic E-state index is 4.28. The van der Waals surface area contributed by atoms with Crippen LogP contribution in [0.1, 0.15) is 17.8 Å². The minimum Gasteiger partial charge on any atom is -0.315 e. The van der Waals surface area contributed by atoms with Crippen LogP contribution in [0.2, 0.25) is 0 Å². The summed E-state index contributed by atoms with van der Waals surface area (Å²) in [5.41, 5.74) is 2.18. The van der Waals surface area contributed by atoms with Gasteiger partial charge in [0.2, 0.25) is 0 Å². The van der Waals surface area contributed by atoms with Crippen molar-refractivity contribution >= 4 is 0 Å². The molecule has 22 heavy (non-hydrogen) atoms. The fraction of sp³-hybridized carbons (Fsp3) is 0.412. The molecule has 0 spiro atoms. The molecule has 2 rings (SSSR count). The number of pyridine rings is 2. The van der Waals surface area contributed by atoms with Gasteiger partial charge in [-0.3, -0.25) is 9.97 Å². The van der Waals surface area contributed by atoms with Crippen LogP contribution >= 0.6 is 0 Å². The van der Waals surface area contributed by atoms with E-state index in [0.29, 0.717) is 0 Å². The lowest BCUT2D eigenvalue weighted by atomic mass is 10.3. The molecule has 0 saturated carbocycles.